The normalized spacial score (nSPS) is 10.5. The minimum Gasteiger partial charge on any atom is -0.352 e. The van der Waals surface area contributed by atoms with Crippen molar-refractivity contribution in [3.63, 3.8) is 0 Å². The Labute approximate surface area is 163 Å². The summed E-state index contributed by atoms with van der Waals surface area (Å²) in [6.45, 7) is 0.397. The summed E-state index contributed by atoms with van der Waals surface area (Å²) in [7, 11) is 3.42. The molecule has 7 nitrogen and oxygen atoms in total. The van der Waals surface area contributed by atoms with Gasteiger partial charge in [-0.3, -0.25) is 9.59 Å². The van der Waals surface area contributed by atoms with E-state index in [4.69, 9.17) is 4.52 Å². The van der Waals surface area contributed by atoms with Gasteiger partial charge in [0.1, 0.15) is 0 Å². The Balaban J connectivity index is 1.46. The van der Waals surface area contributed by atoms with Crippen LogP contribution in [0, 0.1) is 0 Å². The van der Waals surface area contributed by atoms with Gasteiger partial charge in [0.05, 0.1) is 0 Å². The quantitative estimate of drug-likeness (QED) is 0.683. The Bertz CT molecular complexity index is 934. The third-order valence-corrected chi connectivity index (χ3v) is 4.16. The van der Waals surface area contributed by atoms with Crippen LogP contribution >= 0.6 is 0 Å². The highest BCUT2D eigenvalue weighted by molar-refractivity contribution is 5.93. The van der Waals surface area contributed by atoms with Crippen LogP contribution in [0.5, 0.6) is 0 Å². The van der Waals surface area contributed by atoms with E-state index >= 15 is 0 Å². The van der Waals surface area contributed by atoms with Gasteiger partial charge in [-0.25, -0.2) is 0 Å². The summed E-state index contributed by atoms with van der Waals surface area (Å²) < 4.78 is 5.21. The van der Waals surface area contributed by atoms with Crippen LogP contribution in [-0.4, -0.2) is 41.0 Å². The van der Waals surface area contributed by atoms with Crippen molar-refractivity contribution in [1.29, 1.82) is 0 Å². The molecule has 0 radical (unpaired) electrons. The molecule has 0 aliphatic carbocycles. The summed E-state index contributed by atoms with van der Waals surface area (Å²) in [5.74, 6) is 0.793. The van der Waals surface area contributed by atoms with Crippen LogP contribution in [0.2, 0.25) is 0 Å². The lowest BCUT2D eigenvalue weighted by atomic mass is 10.1. The van der Waals surface area contributed by atoms with E-state index in [0.717, 1.165) is 11.1 Å². The summed E-state index contributed by atoms with van der Waals surface area (Å²) >= 11 is 0. The van der Waals surface area contributed by atoms with Crippen LogP contribution in [-0.2, 0) is 17.8 Å². The van der Waals surface area contributed by atoms with Gasteiger partial charge >= 0.3 is 0 Å². The molecule has 0 atom stereocenters. The molecule has 144 valence electrons. The van der Waals surface area contributed by atoms with Gasteiger partial charge in [-0.2, -0.15) is 4.98 Å². The van der Waals surface area contributed by atoms with E-state index in [1.165, 1.54) is 4.90 Å². The van der Waals surface area contributed by atoms with Crippen molar-refractivity contribution in [2.45, 2.75) is 19.4 Å². The number of aromatic nitrogens is 2. The maximum atomic E-state index is 12.1. The second kappa shape index (κ2) is 8.94. The number of benzene rings is 2. The molecule has 3 aromatic rings. The van der Waals surface area contributed by atoms with E-state index in [1.54, 1.807) is 26.2 Å². The van der Waals surface area contributed by atoms with Crippen molar-refractivity contribution >= 4 is 11.8 Å². The first-order valence-corrected chi connectivity index (χ1v) is 8.98. The third-order valence-electron chi connectivity index (χ3n) is 4.16. The fourth-order valence-corrected chi connectivity index (χ4v) is 2.59. The number of rotatable bonds is 7. The summed E-state index contributed by atoms with van der Waals surface area (Å²) in [6, 6.07) is 16.7. The minimum atomic E-state index is -0.104. The number of amides is 2. The average molecular weight is 378 g/mol. The average Bonchev–Trinajstić information content (AvgIpc) is 3.20. The summed E-state index contributed by atoms with van der Waals surface area (Å²) in [5.41, 5.74) is 2.41. The van der Waals surface area contributed by atoms with E-state index in [0.29, 0.717) is 30.2 Å². The summed E-state index contributed by atoms with van der Waals surface area (Å²) in [4.78, 5) is 29.8. The highest BCUT2D eigenvalue weighted by Crippen LogP contribution is 2.15. The van der Waals surface area contributed by atoms with Gasteiger partial charge in [-0.05, 0) is 17.7 Å². The Morgan fingerprint density at radius 2 is 1.75 bits per heavy atom. The Morgan fingerprint density at radius 1 is 1.04 bits per heavy atom. The Morgan fingerprint density at radius 3 is 2.43 bits per heavy atom. The topological polar surface area (TPSA) is 88.3 Å². The molecule has 0 saturated carbocycles. The molecule has 2 amide bonds. The van der Waals surface area contributed by atoms with Gasteiger partial charge in [0.2, 0.25) is 17.6 Å². The standard InChI is InChI=1S/C21H22N4O3/c1-25(2)21(27)17-10-8-15(9-11-17)14-22-18(26)12-13-19-23-20(24-28-19)16-6-4-3-5-7-16/h3-11H,12-14H2,1-2H3,(H,22,26). The van der Waals surface area contributed by atoms with E-state index in [1.807, 2.05) is 42.5 Å². The largest absolute Gasteiger partial charge is 0.352 e. The number of hydrogen-bond acceptors (Lipinski definition) is 5. The van der Waals surface area contributed by atoms with Gasteiger partial charge in [0, 0.05) is 44.6 Å². The van der Waals surface area contributed by atoms with Gasteiger partial charge < -0.3 is 14.7 Å². The number of aryl methyl sites for hydroxylation is 1. The smallest absolute Gasteiger partial charge is 0.253 e. The number of carbonyl (C=O) groups excluding carboxylic acids is 2. The molecule has 0 unspecified atom stereocenters. The molecular weight excluding hydrogens is 356 g/mol. The van der Waals surface area contributed by atoms with Gasteiger partial charge in [0.15, 0.2) is 0 Å². The molecule has 0 bridgehead atoms. The molecule has 7 heteroatoms. The van der Waals surface area contributed by atoms with Crippen LogP contribution in [0.4, 0.5) is 0 Å². The highest BCUT2D eigenvalue weighted by Gasteiger charge is 2.11. The molecule has 1 heterocycles. The van der Waals surface area contributed by atoms with Gasteiger partial charge in [0.25, 0.3) is 5.91 Å². The van der Waals surface area contributed by atoms with Gasteiger partial charge in [-0.15, -0.1) is 0 Å². The maximum Gasteiger partial charge on any atom is 0.253 e. The molecule has 1 N–H and O–H groups in total. The SMILES string of the molecule is CN(C)C(=O)c1ccc(CNC(=O)CCc2nc(-c3ccccc3)no2)cc1. The molecule has 28 heavy (non-hydrogen) atoms. The zero-order chi connectivity index (χ0) is 19.9. The summed E-state index contributed by atoms with van der Waals surface area (Å²) in [6.07, 6.45) is 0.634. The van der Waals surface area contributed by atoms with E-state index in [-0.39, 0.29) is 18.2 Å². The molecule has 2 aromatic carbocycles. The van der Waals surface area contributed by atoms with Crippen LogP contribution in [0.25, 0.3) is 11.4 Å². The second-order valence-electron chi connectivity index (χ2n) is 6.55. The first-order valence-electron chi connectivity index (χ1n) is 8.98. The zero-order valence-electron chi connectivity index (χ0n) is 15.9. The number of carbonyl (C=O) groups is 2. The fourth-order valence-electron chi connectivity index (χ4n) is 2.59. The first-order chi connectivity index (χ1) is 13.5. The second-order valence-corrected chi connectivity index (χ2v) is 6.55. The van der Waals surface area contributed by atoms with Crippen LogP contribution in [0.1, 0.15) is 28.2 Å². The minimum absolute atomic E-state index is 0.0509. The van der Waals surface area contributed by atoms with Gasteiger partial charge in [-0.1, -0.05) is 47.6 Å². The van der Waals surface area contributed by atoms with E-state index < -0.39 is 0 Å². The van der Waals surface area contributed by atoms with Crippen LogP contribution in [0.3, 0.4) is 0 Å². The Hall–Kier alpha value is -3.48. The molecule has 0 saturated heterocycles. The number of hydrogen-bond donors (Lipinski definition) is 1. The lowest BCUT2D eigenvalue weighted by Gasteiger charge is -2.10. The number of nitrogens with one attached hydrogen (secondary N) is 1. The molecule has 0 spiro atoms. The fraction of sp³-hybridized carbons (Fsp3) is 0.238. The first kappa shape index (κ1) is 19.3. The van der Waals surface area contributed by atoms with Crippen molar-refractivity contribution in [2.75, 3.05) is 14.1 Å². The molecule has 1 aromatic heterocycles. The lowest BCUT2D eigenvalue weighted by molar-refractivity contribution is -0.121. The number of nitrogens with zero attached hydrogens (tertiary/aromatic N) is 3. The summed E-state index contributed by atoms with van der Waals surface area (Å²) in [5, 5.41) is 6.80. The van der Waals surface area contributed by atoms with E-state index in [2.05, 4.69) is 15.5 Å². The van der Waals surface area contributed by atoms with Crippen molar-refractivity contribution in [3.05, 3.63) is 71.6 Å². The predicted molar refractivity (Wildman–Crippen MR) is 104 cm³/mol. The van der Waals surface area contributed by atoms with Crippen LogP contribution < -0.4 is 5.32 Å². The maximum absolute atomic E-state index is 12.1. The van der Waals surface area contributed by atoms with Crippen molar-refractivity contribution < 1.29 is 14.1 Å². The molecule has 3 rings (SSSR count). The zero-order valence-corrected chi connectivity index (χ0v) is 15.9. The van der Waals surface area contributed by atoms with Crippen molar-refractivity contribution in [3.8, 4) is 11.4 Å². The third kappa shape index (κ3) is 5.03. The van der Waals surface area contributed by atoms with Crippen LogP contribution in [0.15, 0.2) is 59.1 Å². The van der Waals surface area contributed by atoms with E-state index in [9.17, 15) is 9.59 Å². The molecule has 0 aliphatic rings. The predicted octanol–water partition coefficient (Wildman–Crippen LogP) is 2.69. The monoisotopic (exact) mass is 378 g/mol. The highest BCUT2D eigenvalue weighted by atomic mass is 16.5. The Kier molecular flexibility index (Phi) is 6.16. The molecule has 0 aliphatic heterocycles. The lowest BCUT2D eigenvalue weighted by Crippen LogP contribution is -2.23. The van der Waals surface area contributed by atoms with Crippen molar-refractivity contribution in [2.24, 2.45) is 0 Å². The molecule has 0 fully saturated rings. The van der Waals surface area contributed by atoms with Crippen molar-refractivity contribution in [1.82, 2.24) is 20.4 Å². The molecular formula is C21H22N4O3.